The predicted octanol–water partition coefficient (Wildman–Crippen LogP) is 4.00. The van der Waals surface area contributed by atoms with Gasteiger partial charge in [-0.1, -0.05) is 22.9 Å². The number of nitrogens with one attached hydrogen (secondary N) is 1. The van der Waals surface area contributed by atoms with Crippen LogP contribution in [0.1, 0.15) is 51.9 Å². The Morgan fingerprint density at radius 2 is 1.73 bits per heavy atom. The molecule has 1 aromatic carbocycles. The topological polar surface area (TPSA) is 58.6 Å². The number of carbonyl (C=O) groups excluding carboxylic acids is 2. The number of rotatable bonds is 6. The van der Waals surface area contributed by atoms with Crippen molar-refractivity contribution in [1.29, 1.82) is 0 Å². The van der Waals surface area contributed by atoms with Gasteiger partial charge in [-0.25, -0.2) is 9.18 Å². The Morgan fingerprint density at radius 3 is 2.08 bits per heavy atom. The van der Waals surface area contributed by atoms with Crippen LogP contribution in [0, 0.1) is 5.82 Å². The SMILES string of the molecule is CCN(C(C)C)C(C)C.COC(=O)C(C)NC(=O)c1ccc(Br)cc1F. The number of hydrogen-bond donors (Lipinski definition) is 1. The minimum Gasteiger partial charge on any atom is -0.467 e. The monoisotopic (exact) mass is 432 g/mol. The molecule has 1 rings (SSSR count). The highest BCUT2D eigenvalue weighted by Gasteiger charge is 2.19. The van der Waals surface area contributed by atoms with Crippen LogP contribution in [0.2, 0.25) is 0 Å². The van der Waals surface area contributed by atoms with Crippen molar-refractivity contribution in [3.05, 3.63) is 34.1 Å². The summed E-state index contributed by atoms with van der Waals surface area (Å²) in [7, 11) is 1.21. The minimum atomic E-state index is -0.824. The summed E-state index contributed by atoms with van der Waals surface area (Å²) >= 11 is 3.08. The van der Waals surface area contributed by atoms with Crippen molar-refractivity contribution in [2.45, 2.75) is 59.7 Å². The molecule has 0 saturated carbocycles. The van der Waals surface area contributed by atoms with E-state index < -0.39 is 23.7 Å². The van der Waals surface area contributed by atoms with Crippen LogP contribution in [0.4, 0.5) is 4.39 Å². The van der Waals surface area contributed by atoms with Crippen molar-refractivity contribution in [2.75, 3.05) is 13.7 Å². The highest BCUT2D eigenvalue weighted by Crippen LogP contribution is 2.15. The van der Waals surface area contributed by atoms with E-state index in [1.165, 1.54) is 26.2 Å². The van der Waals surface area contributed by atoms with E-state index in [1.807, 2.05) is 0 Å². The van der Waals surface area contributed by atoms with Gasteiger partial charge in [-0.2, -0.15) is 0 Å². The Balaban J connectivity index is 0.000000590. The lowest BCUT2D eigenvalue weighted by Gasteiger charge is -2.28. The number of carbonyl (C=O) groups is 2. The predicted molar refractivity (Wildman–Crippen MR) is 106 cm³/mol. The summed E-state index contributed by atoms with van der Waals surface area (Å²) in [4.78, 5) is 25.2. The van der Waals surface area contributed by atoms with Gasteiger partial charge in [0, 0.05) is 16.6 Å². The third kappa shape index (κ3) is 8.27. The smallest absolute Gasteiger partial charge is 0.328 e. The summed E-state index contributed by atoms with van der Waals surface area (Å²) in [5.74, 6) is -1.90. The first-order chi connectivity index (χ1) is 12.0. The van der Waals surface area contributed by atoms with Gasteiger partial charge in [0.05, 0.1) is 12.7 Å². The molecule has 1 atom stereocenters. The van der Waals surface area contributed by atoms with Crippen LogP contribution in [-0.2, 0) is 9.53 Å². The van der Waals surface area contributed by atoms with Gasteiger partial charge in [0.2, 0.25) is 0 Å². The van der Waals surface area contributed by atoms with E-state index in [0.29, 0.717) is 16.6 Å². The second kappa shape index (κ2) is 12.0. The molecule has 0 spiro atoms. The molecule has 0 saturated heterocycles. The number of esters is 1. The Kier molecular flexibility index (Phi) is 11.3. The standard InChI is InChI=1S/C11H11BrFNO3.C8H19N/c1-6(11(16)17-2)14-10(15)8-4-3-7(12)5-9(8)13;1-6-9(7(2)3)8(4)5/h3-6H,1-2H3,(H,14,15);7-8H,6H2,1-5H3. The zero-order valence-corrected chi connectivity index (χ0v) is 18.2. The van der Waals surface area contributed by atoms with Crippen LogP contribution in [0.5, 0.6) is 0 Å². The summed E-state index contributed by atoms with van der Waals surface area (Å²) in [6, 6.07) is 4.61. The fourth-order valence-electron chi connectivity index (χ4n) is 2.51. The van der Waals surface area contributed by atoms with E-state index in [1.54, 1.807) is 6.07 Å². The van der Waals surface area contributed by atoms with Crippen molar-refractivity contribution in [2.24, 2.45) is 0 Å². The van der Waals surface area contributed by atoms with E-state index in [0.717, 1.165) is 6.54 Å². The molecule has 0 bridgehead atoms. The molecule has 0 aliphatic carbocycles. The number of halogens is 2. The number of hydrogen-bond acceptors (Lipinski definition) is 4. The zero-order chi connectivity index (χ0) is 20.4. The first kappa shape index (κ1) is 24.5. The maximum Gasteiger partial charge on any atom is 0.328 e. The summed E-state index contributed by atoms with van der Waals surface area (Å²) in [6.45, 7) is 13.8. The summed E-state index contributed by atoms with van der Waals surface area (Å²) in [6.07, 6.45) is 0. The Hall–Kier alpha value is -1.47. The highest BCUT2D eigenvalue weighted by atomic mass is 79.9. The number of amides is 1. The molecule has 5 nitrogen and oxygen atoms in total. The molecule has 0 fully saturated rings. The number of ether oxygens (including phenoxy) is 1. The third-order valence-corrected chi connectivity index (χ3v) is 4.26. The highest BCUT2D eigenvalue weighted by molar-refractivity contribution is 9.10. The van der Waals surface area contributed by atoms with E-state index in [2.05, 4.69) is 65.5 Å². The quantitative estimate of drug-likeness (QED) is 0.689. The van der Waals surface area contributed by atoms with E-state index in [-0.39, 0.29) is 5.56 Å². The average Bonchev–Trinajstić information content (AvgIpc) is 2.54. The first-order valence-corrected chi connectivity index (χ1v) is 9.43. The minimum absolute atomic E-state index is 0.121. The molecule has 0 heterocycles. The van der Waals surface area contributed by atoms with E-state index in [4.69, 9.17) is 0 Å². The number of methoxy groups -OCH3 is 1. The van der Waals surface area contributed by atoms with Crippen LogP contribution in [0.15, 0.2) is 22.7 Å². The molecule has 0 aliphatic heterocycles. The van der Waals surface area contributed by atoms with Crippen molar-refractivity contribution in [3.8, 4) is 0 Å². The van der Waals surface area contributed by atoms with Gasteiger partial charge in [0.15, 0.2) is 0 Å². The van der Waals surface area contributed by atoms with Crippen LogP contribution in [-0.4, -0.2) is 48.6 Å². The van der Waals surface area contributed by atoms with Gasteiger partial charge in [-0.15, -0.1) is 0 Å². The zero-order valence-electron chi connectivity index (χ0n) is 16.6. The van der Waals surface area contributed by atoms with Crippen molar-refractivity contribution in [3.63, 3.8) is 0 Å². The summed E-state index contributed by atoms with van der Waals surface area (Å²) < 4.78 is 18.4. The van der Waals surface area contributed by atoms with Gasteiger partial charge >= 0.3 is 5.97 Å². The average molecular weight is 433 g/mol. The molecular formula is C19H30BrFN2O3. The van der Waals surface area contributed by atoms with Crippen LogP contribution in [0.3, 0.4) is 0 Å². The molecular weight excluding hydrogens is 403 g/mol. The summed E-state index contributed by atoms with van der Waals surface area (Å²) in [5.41, 5.74) is -0.121. The van der Waals surface area contributed by atoms with Crippen molar-refractivity contribution >= 4 is 27.8 Å². The molecule has 26 heavy (non-hydrogen) atoms. The Bertz CT molecular complexity index is 586. The lowest BCUT2D eigenvalue weighted by Crippen LogP contribution is -2.39. The Morgan fingerprint density at radius 1 is 1.19 bits per heavy atom. The molecule has 1 aromatic rings. The molecule has 1 unspecified atom stereocenters. The number of nitrogens with zero attached hydrogens (tertiary/aromatic N) is 1. The van der Waals surface area contributed by atoms with Gasteiger partial charge in [0.25, 0.3) is 5.91 Å². The van der Waals surface area contributed by atoms with Crippen molar-refractivity contribution < 1.29 is 18.7 Å². The van der Waals surface area contributed by atoms with Gasteiger partial charge in [0.1, 0.15) is 11.9 Å². The molecule has 7 heteroatoms. The van der Waals surface area contributed by atoms with E-state index in [9.17, 15) is 14.0 Å². The fraction of sp³-hybridized carbons (Fsp3) is 0.579. The second-order valence-corrected chi connectivity index (χ2v) is 7.28. The molecule has 1 N–H and O–H groups in total. The molecule has 0 aliphatic rings. The molecule has 1 amide bonds. The Labute approximate surface area is 164 Å². The number of benzene rings is 1. The molecule has 0 aromatic heterocycles. The van der Waals surface area contributed by atoms with E-state index >= 15 is 0 Å². The maximum atomic E-state index is 13.4. The van der Waals surface area contributed by atoms with Crippen LogP contribution >= 0.6 is 15.9 Å². The lowest BCUT2D eigenvalue weighted by atomic mass is 10.2. The van der Waals surface area contributed by atoms with Gasteiger partial charge in [-0.05, 0) is 59.4 Å². The first-order valence-electron chi connectivity index (χ1n) is 8.64. The largest absolute Gasteiger partial charge is 0.467 e. The third-order valence-electron chi connectivity index (χ3n) is 3.77. The fourth-order valence-corrected chi connectivity index (χ4v) is 2.84. The van der Waals surface area contributed by atoms with Gasteiger partial charge < -0.3 is 10.1 Å². The summed E-state index contributed by atoms with van der Waals surface area (Å²) in [5, 5.41) is 2.34. The normalized spacial score (nSPS) is 11.8. The van der Waals surface area contributed by atoms with Crippen LogP contribution in [0.25, 0.3) is 0 Å². The van der Waals surface area contributed by atoms with Crippen LogP contribution < -0.4 is 5.32 Å². The molecule has 0 radical (unpaired) electrons. The second-order valence-electron chi connectivity index (χ2n) is 6.36. The van der Waals surface area contributed by atoms with Crippen molar-refractivity contribution in [1.82, 2.24) is 10.2 Å². The molecule has 148 valence electrons. The van der Waals surface area contributed by atoms with Gasteiger partial charge in [-0.3, -0.25) is 9.69 Å². The lowest BCUT2D eigenvalue weighted by molar-refractivity contribution is -0.142. The maximum absolute atomic E-state index is 13.4.